The third-order valence-corrected chi connectivity index (χ3v) is 4.48. The van der Waals surface area contributed by atoms with Gasteiger partial charge in [0.15, 0.2) is 5.82 Å². The molecule has 1 amide bonds. The number of benzene rings is 2. The largest absolute Gasteiger partial charge is 0.497 e. The molecule has 0 saturated carbocycles. The molecule has 146 valence electrons. The quantitative estimate of drug-likeness (QED) is 0.593. The first kappa shape index (κ1) is 19.5. The summed E-state index contributed by atoms with van der Waals surface area (Å²) in [7, 11) is 3.28. The molecule has 3 aromatic rings. The number of ether oxygens (including phenoxy) is 2. The van der Waals surface area contributed by atoms with Crippen molar-refractivity contribution in [2.24, 2.45) is 0 Å². The second-order valence-corrected chi connectivity index (χ2v) is 6.53. The summed E-state index contributed by atoms with van der Waals surface area (Å²) in [5, 5.41) is 10.0. The van der Waals surface area contributed by atoms with Crippen molar-refractivity contribution in [2.45, 2.75) is 25.7 Å². The van der Waals surface area contributed by atoms with Crippen LogP contribution in [0.4, 0.5) is 5.82 Å². The first-order valence-electron chi connectivity index (χ1n) is 9.26. The van der Waals surface area contributed by atoms with E-state index in [0.717, 1.165) is 41.2 Å². The van der Waals surface area contributed by atoms with Gasteiger partial charge in [0.1, 0.15) is 11.5 Å². The number of aromatic nitrogens is 2. The monoisotopic (exact) mass is 379 g/mol. The van der Waals surface area contributed by atoms with Crippen LogP contribution in [-0.4, -0.2) is 30.3 Å². The third-order valence-electron chi connectivity index (χ3n) is 4.48. The Morgan fingerprint density at radius 2 is 1.64 bits per heavy atom. The Morgan fingerprint density at radius 1 is 0.929 bits per heavy atom. The van der Waals surface area contributed by atoms with Crippen LogP contribution in [0.1, 0.15) is 23.2 Å². The summed E-state index contributed by atoms with van der Waals surface area (Å²) in [6, 6.07) is 17.7. The zero-order chi connectivity index (χ0) is 19.8. The maximum atomic E-state index is 12.1. The highest BCUT2D eigenvalue weighted by molar-refractivity contribution is 5.89. The first-order chi connectivity index (χ1) is 13.7. The number of carbonyl (C=O) groups is 1. The van der Waals surface area contributed by atoms with Gasteiger partial charge in [-0.3, -0.25) is 9.89 Å². The fourth-order valence-corrected chi connectivity index (χ4v) is 2.95. The van der Waals surface area contributed by atoms with E-state index < -0.39 is 0 Å². The van der Waals surface area contributed by atoms with E-state index in [1.807, 2.05) is 54.6 Å². The average Bonchev–Trinajstić information content (AvgIpc) is 3.18. The molecule has 0 unspecified atom stereocenters. The Kier molecular flexibility index (Phi) is 6.68. The number of rotatable bonds is 9. The summed E-state index contributed by atoms with van der Waals surface area (Å²) < 4.78 is 10.6. The average molecular weight is 379 g/mol. The fraction of sp³-hybridized carbons (Fsp3) is 0.273. The Balaban J connectivity index is 1.51. The molecule has 0 aliphatic heterocycles. The number of hydrogen-bond donors (Lipinski definition) is 2. The van der Waals surface area contributed by atoms with Gasteiger partial charge in [-0.05, 0) is 42.5 Å². The van der Waals surface area contributed by atoms with Crippen LogP contribution < -0.4 is 14.8 Å². The maximum Gasteiger partial charge on any atom is 0.225 e. The highest BCUT2D eigenvalue weighted by atomic mass is 16.5. The minimum Gasteiger partial charge on any atom is -0.497 e. The third kappa shape index (κ3) is 5.61. The lowest BCUT2D eigenvalue weighted by atomic mass is 10.1. The van der Waals surface area contributed by atoms with Gasteiger partial charge in [0.05, 0.1) is 14.2 Å². The fourth-order valence-electron chi connectivity index (χ4n) is 2.95. The van der Waals surface area contributed by atoms with Crippen molar-refractivity contribution in [1.29, 1.82) is 0 Å². The Labute approximate surface area is 164 Å². The van der Waals surface area contributed by atoms with E-state index in [9.17, 15) is 4.79 Å². The van der Waals surface area contributed by atoms with E-state index in [2.05, 4.69) is 15.5 Å². The molecule has 0 radical (unpaired) electrons. The van der Waals surface area contributed by atoms with Crippen molar-refractivity contribution in [2.75, 3.05) is 19.5 Å². The predicted molar refractivity (Wildman–Crippen MR) is 109 cm³/mol. The Hall–Kier alpha value is -3.28. The number of hydrogen-bond acceptors (Lipinski definition) is 4. The molecule has 3 rings (SSSR count). The van der Waals surface area contributed by atoms with Crippen LogP contribution >= 0.6 is 0 Å². The lowest BCUT2D eigenvalue weighted by Gasteiger charge is -2.08. The maximum absolute atomic E-state index is 12.1. The smallest absolute Gasteiger partial charge is 0.225 e. The lowest BCUT2D eigenvalue weighted by Crippen LogP contribution is -2.12. The molecule has 0 saturated heterocycles. The van der Waals surface area contributed by atoms with Crippen molar-refractivity contribution >= 4 is 11.7 Å². The standard InChI is InChI=1S/C22H25N3O3/c1-27-19-12-17(13-20(15-19)28-2)8-10-18-14-21(25-24-18)23-22(26)11-9-16-6-4-3-5-7-16/h3-7,12-15H,8-11H2,1-2H3,(H2,23,24,25,26). The van der Waals surface area contributed by atoms with Crippen molar-refractivity contribution in [3.8, 4) is 11.5 Å². The van der Waals surface area contributed by atoms with Crippen molar-refractivity contribution in [1.82, 2.24) is 10.2 Å². The van der Waals surface area contributed by atoms with E-state index in [1.165, 1.54) is 0 Å². The van der Waals surface area contributed by atoms with Crippen LogP contribution in [0.15, 0.2) is 54.6 Å². The van der Waals surface area contributed by atoms with Gasteiger partial charge < -0.3 is 14.8 Å². The van der Waals surface area contributed by atoms with Gasteiger partial charge in [-0.25, -0.2) is 0 Å². The number of methoxy groups -OCH3 is 2. The van der Waals surface area contributed by atoms with E-state index in [0.29, 0.717) is 18.7 Å². The van der Waals surface area contributed by atoms with E-state index >= 15 is 0 Å². The zero-order valence-corrected chi connectivity index (χ0v) is 16.2. The number of aryl methyl sites for hydroxylation is 3. The molecule has 0 fully saturated rings. The van der Waals surface area contributed by atoms with E-state index in [-0.39, 0.29) is 5.91 Å². The summed E-state index contributed by atoms with van der Waals surface area (Å²) in [4.78, 5) is 12.1. The number of nitrogens with zero attached hydrogens (tertiary/aromatic N) is 1. The summed E-state index contributed by atoms with van der Waals surface area (Å²) in [6.45, 7) is 0. The van der Waals surface area contributed by atoms with Crippen molar-refractivity contribution in [3.05, 3.63) is 71.4 Å². The van der Waals surface area contributed by atoms with Gasteiger partial charge >= 0.3 is 0 Å². The van der Waals surface area contributed by atoms with E-state index in [4.69, 9.17) is 9.47 Å². The van der Waals surface area contributed by atoms with Crippen LogP contribution in [0.5, 0.6) is 11.5 Å². The van der Waals surface area contributed by atoms with Gasteiger partial charge in [0.2, 0.25) is 5.91 Å². The summed E-state index contributed by atoms with van der Waals surface area (Å²) >= 11 is 0. The van der Waals surface area contributed by atoms with Crippen LogP contribution in [0, 0.1) is 0 Å². The lowest BCUT2D eigenvalue weighted by molar-refractivity contribution is -0.116. The predicted octanol–water partition coefficient (Wildman–Crippen LogP) is 3.78. The molecule has 6 nitrogen and oxygen atoms in total. The summed E-state index contributed by atoms with van der Waals surface area (Å²) in [5.74, 6) is 2.05. The second-order valence-electron chi connectivity index (χ2n) is 6.53. The number of amides is 1. The Bertz CT molecular complexity index is 884. The van der Waals surface area contributed by atoms with Crippen LogP contribution in [0.2, 0.25) is 0 Å². The molecule has 2 aromatic carbocycles. The Morgan fingerprint density at radius 3 is 2.32 bits per heavy atom. The molecule has 0 spiro atoms. The van der Waals surface area contributed by atoms with Gasteiger partial charge in [-0.15, -0.1) is 0 Å². The van der Waals surface area contributed by atoms with Gasteiger partial charge in [-0.1, -0.05) is 30.3 Å². The summed E-state index contributed by atoms with van der Waals surface area (Å²) in [5.41, 5.74) is 3.22. The highest BCUT2D eigenvalue weighted by Crippen LogP contribution is 2.23. The molecule has 28 heavy (non-hydrogen) atoms. The first-order valence-corrected chi connectivity index (χ1v) is 9.26. The molecule has 1 heterocycles. The molecule has 2 N–H and O–H groups in total. The molecule has 0 aliphatic carbocycles. The second kappa shape index (κ2) is 9.60. The van der Waals surface area contributed by atoms with Crippen LogP contribution in [-0.2, 0) is 24.1 Å². The normalized spacial score (nSPS) is 10.5. The zero-order valence-electron chi connectivity index (χ0n) is 16.2. The highest BCUT2D eigenvalue weighted by Gasteiger charge is 2.08. The number of anilines is 1. The number of aromatic amines is 1. The van der Waals surface area contributed by atoms with Crippen LogP contribution in [0.25, 0.3) is 0 Å². The van der Waals surface area contributed by atoms with Gasteiger partial charge in [0.25, 0.3) is 0 Å². The van der Waals surface area contributed by atoms with Crippen LogP contribution in [0.3, 0.4) is 0 Å². The SMILES string of the molecule is COc1cc(CCc2cc(NC(=O)CCc3ccccc3)n[nH]2)cc(OC)c1. The van der Waals surface area contributed by atoms with Crippen molar-refractivity contribution < 1.29 is 14.3 Å². The number of nitrogens with one attached hydrogen (secondary N) is 2. The number of H-pyrrole nitrogens is 1. The minimum atomic E-state index is -0.0422. The van der Waals surface area contributed by atoms with Crippen molar-refractivity contribution in [3.63, 3.8) is 0 Å². The topological polar surface area (TPSA) is 76.2 Å². The van der Waals surface area contributed by atoms with E-state index in [1.54, 1.807) is 14.2 Å². The molecular weight excluding hydrogens is 354 g/mol. The molecule has 6 heteroatoms. The van der Waals surface area contributed by atoms with Gasteiger partial charge in [0, 0.05) is 24.2 Å². The number of carbonyl (C=O) groups excluding carboxylic acids is 1. The molecule has 0 bridgehead atoms. The van der Waals surface area contributed by atoms with Gasteiger partial charge in [-0.2, -0.15) is 5.10 Å². The molecular formula is C22H25N3O3. The summed E-state index contributed by atoms with van der Waals surface area (Å²) in [6.07, 6.45) is 2.71. The molecule has 0 aliphatic rings. The minimum absolute atomic E-state index is 0.0422. The molecule has 1 aromatic heterocycles. The molecule has 0 atom stereocenters.